The van der Waals surface area contributed by atoms with Crippen LogP contribution in [0, 0.1) is 0 Å². The fourth-order valence-corrected chi connectivity index (χ4v) is 3.44. The molecule has 0 saturated carbocycles. The number of carbonyl (C=O) groups excluding carboxylic acids is 2. The smallest absolute Gasteiger partial charge is 0.408 e. The molecular formula is C24H24ClN7O5. The average Bonchev–Trinajstić information content (AvgIpc) is 3.56. The van der Waals surface area contributed by atoms with E-state index in [1.54, 1.807) is 36.7 Å². The zero-order valence-electron chi connectivity index (χ0n) is 19.5. The molecule has 2 heterocycles. The molecule has 1 unspecified atom stereocenters. The Morgan fingerprint density at radius 3 is 2.49 bits per heavy atom. The van der Waals surface area contributed by atoms with Gasteiger partial charge in [0.25, 0.3) is 0 Å². The van der Waals surface area contributed by atoms with E-state index in [-0.39, 0.29) is 25.6 Å². The van der Waals surface area contributed by atoms with Crippen molar-refractivity contribution in [2.24, 2.45) is 0 Å². The van der Waals surface area contributed by atoms with E-state index in [4.69, 9.17) is 4.74 Å². The fourth-order valence-electron chi connectivity index (χ4n) is 3.44. The number of halogens is 1. The lowest BCUT2D eigenvalue weighted by Gasteiger charge is -2.16. The number of aliphatic carboxylic acids is 1. The number of nitrogens with one attached hydrogen (secondary N) is 2. The summed E-state index contributed by atoms with van der Waals surface area (Å²) in [5.41, 5.74) is 2.57. The molecule has 0 spiro atoms. The van der Waals surface area contributed by atoms with Crippen molar-refractivity contribution in [1.82, 2.24) is 35.5 Å². The molecular weight excluding hydrogens is 502 g/mol. The van der Waals surface area contributed by atoms with Gasteiger partial charge in [-0.1, -0.05) is 54.6 Å². The number of carbonyl (C=O) groups is 3. The van der Waals surface area contributed by atoms with Crippen LogP contribution >= 0.6 is 12.4 Å². The molecule has 0 aliphatic heterocycles. The third kappa shape index (κ3) is 7.70. The molecule has 0 saturated heterocycles. The van der Waals surface area contributed by atoms with E-state index in [1.807, 2.05) is 30.3 Å². The minimum absolute atomic E-state index is 0. The number of rotatable bonds is 11. The molecule has 192 valence electrons. The maximum absolute atomic E-state index is 12.9. The van der Waals surface area contributed by atoms with Gasteiger partial charge in [-0.05, 0) is 21.6 Å². The quantitative estimate of drug-likeness (QED) is 0.266. The minimum atomic E-state index is -1.31. The number of aromatic amines is 1. The van der Waals surface area contributed by atoms with Gasteiger partial charge in [0, 0.05) is 24.4 Å². The van der Waals surface area contributed by atoms with E-state index < -0.39 is 30.3 Å². The summed E-state index contributed by atoms with van der Waals surface area (Å²) >= 11 is 0. The van der Waals surface area contributed by atoms with Crippen LogP contribution in [0.4, 0.5) is 4.79 Å². The van der Waals surface area contributed by atoms with Crippen LogP contribution in [-0.2, 0) is 33.9 Å². The van der Waals surface area contributed by atoms with Crippen LogP contribution in [0.5, 0.6) is 0 Å². The summed E-state index contributed by atoms with van der Waals surface area (Å²) in [4.78, 5) is 43.6. The van der Waals surface area contributed by atoms with Crippen LogP contribution in [0.2, 0.25) is 0 Å². The highest BCUT2D eigenvalue weighted by atomic mass is 35.5. The maximum Gasteiger partial charge on any atom is 0.408 e. The monoisotopic (exact) mass is 525 g/mol. The van der Waals surface area contributed by atoms with Crippen molar-refractivity contribution in [3.05, 3.63) is 83.9 Å². The van der Waals surface area contributed by atoms with Gasteiger partial charge in [0.2, 0.25) is 0 Å². The standard InChI is InChI=1S/C24H23N7O5.ClH/c32-20(19(13-22(33)34)27-24(35)36-15-17-4-2-1-3-5-17)14-31-21(28-29-30-31)12-16-6-8-18(9-7-16)23-25-10-11-26-23;/h1-11,19H,12-15H2,(H,25,26)(H,27,35)(H,33,34);1H. The van der Waals surface area contributed by atoms with E-state index in [2.05, 4.69) is 30.8 Å². The number of hydrogen-bond donors (Lipinski definition) is 3. The lowest BCUT2D eigenvalue weighted by Crippen LogP contribution is -2.44. The van der Waals surface area contributed by atoms with Crippen molar-refractivity contribution in [2.75, 3.05) is 0 Å². The van der Waals surface area contributed by atoms with E-state index in [1.165, 1.54) is 4.68 Å². The van der Waals surface area contributed by atoms with E-state index in [0.717, 1.165) is 22.5 Å². The molecule has 2 aromatic heterocycles. The highest BCUT2D eigenvalue weighted by molar-refractivity contribution is 5.90. The molecule has 1 amide bonds. The number of carboxylic acid groups (broad SMARTS) is 1. The number of aromatic nitrogens is 6. The summed E-state index contributed by atoms with van der Waals surface area (Å²) in [5, 5.41) is 23.0. The molecule has 2 aromatic carbocycles. The zero-order chi connectivity index (χ0) is 25.3. The molecule has 0 aliphatic rings. The second kappa shape index (κ2) is 12.9. The predicted molar refractivity (Wildman–Crippen MR) is 133 cm³/mol. The first kappa shape index (κ1) is 27.0. The summed E-state index contributed by atoms with van der Waals surface area (Å²) in [6, 6.07) is 15.3. The van der Waals surface area contributed by atoms with Crippen molar-refractivity contribution >= 4 is 30.3 Å². The van der Waals surface area contributed by atoms with Gasteiger partial charge in [0.05, 0.1) is 6.42 Å². The summed E-state index contributed by atoms with van der Waals surface area (Å²) in [6.07, 6.45) is 2.25. The number of hydrogen-bond acceptors (Lipinski definition) is 8. The number of amides is 1. The summed E-state index contributed by atoms with van der Waals surface area (Å²) in [7, 11) is 0. The van der Waals surface area contributed by atoms with Crippen molar-refractivity contribution in [2.45, 2.75) is 32.0 Å². The Labute approximate surface area is 217 Å². The summed E-state index contributed by atoms with van der Waals surface area (Å²) < 4.78 is 6.40. The Hall–Kier alpha value is -4.58. The van der Waals surface area contributed by atoms with Gasteiger partial charge in [0.15, 0.2) is 11.6 Å². The lowest BCUT2D eigenvalue weighted by molar-refractivity contribution is -0.139. The average molecular weight is 526 g/mol. The molecule has 0 bridgehead atoms. The van der Waals surface area contributed by atoms with E-state index in [9.17, 15) is 19.5 Å². The number of H-pyrrole nitrogens is 1. The first-order chi connectivity index (χ1) is 17.5. The number of imidazole rings is 1. The van der Waals surface area contributed by atoms with Gasteiger partial charge >= 0.3 is 12.1 Å². The Bertz CT molecular complexity index is 1310. The number of ether oxygens (including phenoxy) is 1. The van der Waals surface area contributed by atoms with Gasteiger partial charge in [-0.2, -0.15) is 0 Å². The van der Waals surface area contributed by atoms with Gasteiger partial charge in [0.1, 0.15) is 25.0 Å². The molecule has 4 aromatic rings. The van der Waals surface area contributed by atoms with Crippen LogP contribution in [0.3, 0.4) is 0 Å². The summed E-state index contributed by atoms with van der Waals surface area (Å²) in [6.45, 7) is -0.333. The van der Waals surface area contributed by atoms with Gasteiger partial charge < -0.3 is 20.1 Å². The molecule has 37 heavy (non-hydrogen) atoms. The topological polar surface area (TPSA) is 165 Å². The van der Waals surface area contributed by atoms with E-state index in [0.29, 0.717) is 12.2 Å². The number of tetrazole rings is 1. The second-order valence-corrected chi connectivity index (χ2v) is 7.89. The highest BCUT2D eigenvalue weighted by Crippen LogP contribution is 2.16. The highest BCUT2D eigenvalue weighted by Gasteiger charge is 2.26. The van der Waals surface area contributed by atoms with Crippen molar-refractivity contribution in [1.29, 1.82) is 0 Å². The molecule has 0 fully saturated rings. The van der Waals surface area contributed by atoms with Gasteiger partial charge in [-0.25, -0.2) is 14.5 Å². The molecule has 0 radical (unpaired) electrons. The Balaban J connectivity index is 0.00000380. The maximum atomic E-state index is 12.9. The van der Waals surface area contributed by atoms with Crippen molar-refractivity contribution in [3.8, 4) is 11.4 Å². The van der Waals surface area contributed by atoms with Gasteiger partial charge in [-0.3, -0.25) is 9.59 Å². The molecule has 4 rings (SSSR count). The number of ketones is 1. The zero-order valence-corrected chi connectivity index (χ0v) is 20.3. The molecule has 1 atom stereocenters. The van der Waals surface area contributed by atoms with E-state index >= 15 is 0 Å². The normalized spacial score (nSPS) is 11.2. The number of alkyl carbamates (subject to hydrolysis) is 1. The number of benzene rings is 2. The van der Waals surface area contributed by atoms with Crippen LogP contribution in [0.25, 0.3) is 11.4 Å². The Morgan fingerprint density at radius 1 is 1.05 bits per heavy atom. The fraction of sp³-hybridized carbons (Fsp3) is 0.208. The third-order valence-corrected chi connectivity index (χ3v) is 5.27. The summed E-state index contributed by atoms with van der Waals surface area (Å²) in [5.74, 6) is -0.660. The van der Waals surface area contributed by atoms with Crippen LogP contribution < -0.4 is 5.32 Å². The van der Waals surface area contributed by atoms with Crippen LogP contribution in [0.1, 0.15) is 23.4 Å². The second-order valence-electron chi connectivity index (χ2n) is 7.89. The largest absolute Gasteiger partial charge is 0.481 e. The number of nitrogens with zero attached hydrogens (tertiary/aromatic N) is 5. The molecule has 0 aliphatic carbocycles. The Morgan fingerprint density at radius 2 is 1.81 bits per heavy atom. The van der Waals surface area contributed by atoms with Gasteiger partial charge in [-0.15, -0.1) is 17.5 Å². The molecule has 12 nitrogen and oxygen atoms in total. The first-order valence-electron chi connectivity index (χ1n) is 11.0. The predicted octanol–water partition coefficient (Wildman–Crippen LogP) is 2.41. The van der Waals surface area contributed by atoms with Crippen LogP contribution in [-0.4, -0.2) is 59.2 Å². The Kier molecular flexibility index (Phi) is 9.44. The minimum Gasteiger partial charge on any atom is -0.481 e. The van der Waals surface area contributed by atoms with Crippen LogP contribution in [0.15, 0.2) is 67.0 Å². The number of Topliss-reactive ketones (excluding diaryl/α,β-unsaturated/α-hetero) is 1. The number of carboxylic acids is 1. The molecule has 13 heteroatoms. The van der Waals surface area contributed by atoms with Crippen molar-refractivity contribution in [3.63, 3.8) is 0 Å². The third-order valence-electron chi connectivity index (χ3n) is 5.27. The lowest BCUT2D eigenvalue weighted by atomic mass is 10.1. The molecule has 3 N–H and O–H groups in total. The SMILES string of the molecule is Cl.O=C(O)CC(NC(=O)OCc1ccccc1)C(=O)Cn1nnnc1Cc1ccc(-c2ncc[nH]2)cc1. The first-order valence-corrected chi connectivity index (χ1v) is 11.0. The van der Waals surface area contributed by atoms with Crippen molar-refractivity contribution < 1.29 is 24.2 Å².